The number of β-amino-alcohol motifs (C(OH)–C–C–N with tert-alkyl or cyclic N) is 1. The van der Waals surface area contributed by atoms with Gasteiger partial charge in [0.1, 0.15) is 0 Å². The molecule has 138 valence electrons. The highest BCUT2D eigenvalue weighted by Gasteiger charge is 2.32. The number of hydrogen-bond acceptors (Lipinski definition) is 4. The van der Waals surface area contributed by atoms with Crippen molar-refractivity contribution in [2.75, 3.05) is 32.7 Å². The molecule has 2 fully saturated rings. The highest BCUT2D eigenvalue weighted by atomic mass is 35.5. The van der Waals surface area contributed by atoms with E-state index in [2.05, 4.69) is 5.32 Å². The van der Waals surface area contributed by atoms with E-state index in [-0.39, 0.29) is 30.3 Å². The molecule has 2 unspecified atom stereocenters. The molecule has 2 N–H and O–H groups in total. The Bertz CT molecular complexity index is 612. The summed E-state index contributed by atoms with van der Waals surface area (Å²) in [5.41, 5.74) is 0.611. The van der Waals surface area contributed by atoms with Crippen molar-refractivity contribution in [2.24, 2.45) is 0 Å². The molecule has 1 aromatic rings. The van der Waals surface area contributed by atoms with Crippen LogP contribution in [0, 0.1) is 0 Å². The van der Waals surface area contributed by atoms with E-state index in [1.807, 2.05) is 0 Å². The lowest BCUT2D eigenvalue weighted by atomic mass is 10.2. The largest absolute Gasteiger partial charge is 0.392 e. The fraction of sp³-hybridized carbons (Fsp3) is 0.529. The Morgan fingerprint density at radius 3 is 2.36 bits per heavy atom. The van der Waals surface area contributed by atoms with E-state index in [0.717, 1.165) is 6.42 Å². The lowest BCUT2D eigenvalue weighted by Gasteiger charge is -2.24. The monoisotopic (exact) mass is 387 g/mol. The molecule has 1 aromatic carbocycles. The Balaban J connectivity index is 0.00000225. The number of benzene rings is 1. The summed E-state index contributed by atoms with van der Waals surface area (Å²) in [7, 11) is 0. The number of nitrogens with one attached hydrogen (secondary N) is 1. The van der Waals surface area contributed by atoms with Crippen molar-refractivity contribution in [1.82, 2.24) is 15.1 Å². The number of amides is 2. The first-order chi connectivity index (χ1) is 11.5. The maximum atomic E-state index is 12.6. The summed E-state index contributed by atoms with van der Waals surface area (Å²) in [6, 6.07) is 6.56. The molecule has 3 rings (SSSR count). The van der Waals surface area contributed by atoms with E-state index >= 15 is 0 Å². The van der Waals surface area contributed by atoms with Crippen LogP contribution in [0.15, 0.2) is 24.3 Å². The third-order valence-electron chi connectivity index (χ3n) is 4.59. The zero-order valence-electron chi connectivity index (χ0n) is 13.9. The topological polar surface area (TPSA) is 72.9 Å². The summed E-state index contributed by atoms with van der Waals surface area (Å²) in [6.07, 6.45) is 0.761. The van der Waals surface area contributed by atoms with Crippen LogP contribution in [0.1, 0.15) is 23.2 Å². The van der Waals surface area contributed by atoms with Crippen LogP contribution in [-0.2, 0) is 4.79 Å². The average molecular weight is 388 g/mol. The van der Waals surface area contributed by atoms with Crippen LogP contribution in [0.4, 0.5) is 0 Å². The summed E-state index contributed by atoms with van der Waals surface area (Å²) >= 11 is 5.86. The van der Waals surface area contributed by atoms with E-state index < -0.39 is 6.10 Å². The van der Waals surface area contributed by atoms with Gasteiger partial charge in [-0.3, -0.25) is 9.59 Å². The Labute approximate surface area is 158 Å². The third-order valence-corrected chi connectivity index (χ3v) is 4.84. The number of carbonyl (C=O) groups excluding carboxylic acids is 2. The second kappa shape index (κ2) is 8.85. The summed E-state index contributed by atoms with van der Waals surface area (Å²) in [5.74, 6) is -0.0114. The average Bonchev–Trinajstić information content (AvgIpc) is 2.87. The molecule has 2 atom stereocenters. The Morgan fingerprint density at radius 2 is 1.72 bits per heavy atom. The predicted octanol–water partition coefficient (Wildman–Crippen LogP) is 1.16. The van der Waals surface area contributed by atoms with Crippen LogP contribution < -0.4 is 5.32 Å². The van der Waals surface area contributed by atoms with Crippen LogP contribution in [0.2, 0.25) is 5.02 Å². The van der Waals surface area contributed by atoms with Gasteiger partial charge in [-0.15, -0.1) is 12.4 Å². The van der Waals surface area contributed by atoms with Crippen molar-refractivity contribution in [3.8, 4) is 0 Å². The molecular weight excluding hydrogens is 365 g/mol. The van der Waals surface area contributed by atoms with Gasteiger partial charge in [0.05, 0.1) is 12.1 Å². The van der Waals surface area contributed by atoms with Crippen LogP contribution >= 0.6 is 24.0 Å². The number of halogens is 2. The van der Waals surface area contributed by atoms with Gasteiger partial charge in [-0.25, -0.2) is 0 Å². The molecule has 25 heavy (non-hydrogen) atoms. The van der Waals surface area contributed by atoms with Gasteiger partial charge in [0.15, 0.2) is 0 Å². The second-order valence-electron chi connectivity index (χ2n) is 6.33. The summed E-state index contributed by atoms with van der Waals surface area (Å²) in [5, 5.41) is 13.2. The molecule has 0 radical (unpaired) electrons. The summed E-state index contributed by atoms with van der Waals surface area (Å²) in [6.45, 7) is 2.77. The molecule has 8 heteroatoms. The fourth-order valence-corrected chi connectivity index (χ4v) is 3.37. The molecule has 2 amide bonds. The van der Waals surface area contributed by atoms with Gasteiger partial charge in [-0.2, -0.15) is 0 Å². The van der Waals surface area contributed by atoms with E-state index in [9.17, 15) is 14.7 Å². The highest BCUT2D eigenvalue weighted by Crippen LogP contribution is 2.15. The van der Waals surface area contributed by atoms with E-state index in [1.54, 1.807) is 34.1 Å². The minimum Gasteiger partial charge on any atom is -0.392 e. The maximum Gasteiger partial charge on any atom is 0.253 e. The van der Waals surface area contributed by atoms with Gasteiger partial charge >= 0.3 is 0 Å². The molecule has 0 bridgehead atoms. The molecule has 0 spiro atoms. The first kappa shape index (κ1) is 20.0. The second-order valence-corrected chi connectivity index (χ2v) is 6.76. The number of rotatable bonds is 2. The van der Waals surface area contributed by atoms with E-state index in [4.69, 9.17) is 11.6 Å². The third kappa shape index (κ3) is 4.85. The predicted molar refractivity (Wildman–Crippen MR) is 98.2 cm³/mol. The standard InChI is InChI=1S/C17H22ClN3O3.ClH/c18-13-4-2-12(3-5-13)16(23)20-6-1-7-21(9-8-20)17(24)15-10-14(22)11-19-15;/h2-5,14-15,19,22H,1,6-11H2;1H. The molecule has 2 saturated heterocycles. The van der Waals surface area contributed by atoms with Gasteiger partial charge < -0.3 is 20.2 Å². The normalized spacial score (nSPS) is 23.8. The fourth-order valence-electron chi connectivity index (χ4n) is 3.24. The Hall–Kier alpha value is -1.34. The smallest absolute Gasteiger partial charge is 0.253 e. The van der Waals surface area contributed by atoms with Crippen molar-refractivity contribution in [3.63, 3.8) is 0 Å². The molecule has 2 heterocycles. The Morgan fingerprint density at radius 1 is 1.08 bits per heavy atom. The number of nitrogens with zero attached hydrogens (tertiary/aromatic N) is 2. The first-order valence-corrected chi connectivity index (χ1v) is 8.67. The Kier molecular flexibility index (Phi) is 7.07. The van der Waals surface area contributed by atoms with Crippen molar-refractivity contribution in [2.45, 2.75) is 25.0 Å². The molecule has 2 aliphatic heterocycles. The van der Waals surface area contributed by atoms with Gasteiger partial charge in [0, 0.05) is 43.3 Å². The van der Waals surface area contributed by atoms with Crippen molar-refractivity contribution in [1.29, 1.82) is 0 Å². The number of hydrogen-bond donors (Lipinski definition) is 2. The molecule has 0 saturated carbocycles. The van der Waals surface area contributed by atoms with Crippen LogP contribution in [0.3, 0.4) is 0 Å². The lowest BCUT2D eigenvalue weighted by Crippen LogP contribution is -2.45. The number of carbonyl (C=O) groups is 2. The number of aliphatic hydroxyl groups excluding tert-OH is 1. The van der Waals surface area contributed by atoms with Gasteiger partial charge in [0.25, 0.3) is 5.91 Å². The molecule has 2 aliphatic rings. The van der Waals surface area contributed by atoms with E-state index in [0.29, 0.717) is 49.7 Å². The van der Waals surface area contributed by atoms with Gasteiger partial charge in [-0.1, -0.05) is 11.6 Å². The molecule has 0 aliphatic carbocycles. The quantitative estimate of drug-likeness (QED) is 0.798. The van der Waals surface area contributed by atoms with Gasteiger partial charge in [0.2, 0.25) is 5.91 Å². The maximum absolute atomic E-state index is 12.6. The van der Waals surface area contributed by atoms with Crippen LogP contribution in [0.5, 0.6) is 0 Å². The van der Waals surface area contributed by atoms with Crippen LogP contribution in [0.25, 0.3) is 0 Å². The molecular formula is C17H23Cl2N3O3. The van der Waals surface area contributed by atoms with E-state index in [1.165, 1.54) is 0 Å². The molecule has 6 nitrogen and oxygen atoms in total. The van der Waals surface area contributed by atoms with Crippen LogP contribution in [-0.4, -0.2) is 71.6 Å². The lowest BCUT2D eigenvalue weighted by molar-refractivity contribution is -0.133. The molecule has 0 aromatic heterocycles. The summed E-state index contributed by atoms with van der Waals surface area (Å²) in [4.78, 5) is 28.7. The first-order valence-electron chi connectivity index (χ1n) is 8.29. The van der Waals surface area contributed by atoms with Crippen molar-refractivity contribution in [3.05, 3.63) is 34.9 Å². The number of aliphatic hydroxyl groups is 1. The minimum atomic E-state index is -0.450. The zero-order valence-corrected chi connectivity index (χ0v) is 15.4. The van der Waals surface area contributed by atoms with Crippen molar-refractivity contribution < 1.29 is 14.7 Å². The summed E-state index contributed by atoms with van der Waals surface area (Å²) < 4.78 is 0. The highest BCUT2D eigenvalue weighted by molar-refractivity contribution is 6.30. The minimum absolute atomic E-state index is 0. The van der Waals surface area contributed by atoms with Crippen molar-refractivity contribution >= 4 is 35.8 Å². The SMILES string of the molecule is Cl.O=C(c1ccc(Cl)cc1)N1CCCN(C(=O)C2CC(O)CN2)CC1. The zero-order chi connectivity index (χ0) is 17.1. The van der Waals surface area contributed by atoms with Gasteiger partial charge in [-0.05, 0) is 37.1 Å².